The van der Waals surface area contributed by atoms with E-state index in [9.17, 15) is 9.59 Å². The van der Waals surface area contributed by atoms with Gasteiger partial charge in [-0.3, -0.25) is 9.59 Å². The number of hydrogen-bond acceptors (Lipinski definition) is 4. The van der Waals surface area contributed by atoms with Crippen molar-refractivity contribution in [1.29, 1.82) is 0 Å². The molecule has 2 fully saturated rings. The molecule has 7 heteroatoms. The summed E-state index contributed by atoms with van der Waals surface area (Å²) in [5.74, 6) is -0.0949. The van der Waals surface area contributed by atoms with Crippen molar-refractivity contribution >= 4 is 29.9 Å². The maximum atomic E-state index is 12.6. The third kappa shape index (κ3) is 4.22. The minimum absolute atomic E-state index is 0. The van der Waals surface area contributed by atoms with Gasteiger partial charge < -0.3 is 20.3 Å². The third-order valence-electron chi connectivity index (χ3n) is 4.14. The highest BCUT2D eigenvalue weighted by Gasteiger charge is 2.25. The number of hydrogen-bond donors (Lipinski definition) is 2. The highest BCUT2D eigenvalue weighted by atomic mass is 35.5. The number of halogens is 1. The molecule has 2 aliphatic heterocycles. The van der Waals surface area contributed by atoms with Crippen LogP contribution in [0, 0.1) is 5.92 Å². The van der Waals surface area contributed by atoms with Gasteiger partial charge in [0.1, 0.15) is 0 Å². The zero-order valence-electron chi connectivity index (χ0n) is 12.9. The molecule has 1 atom stereocenters. The molecule has 23 heavy (non-hydrogen) atoms. The summed E-state index contributed by atoms with van der Waals surface area (Å²) < 4.78 is 5.28. The van der Waals surface area contributed by atoms with Gasteiger partial charge in [0, 0.05) is 19.6 Å². The van der Waals surface area contributed by atoms with Gasteiger partial charge in [-0.05, 0) is 25.1 Å². The lowest BCUT2D eigenvalue weighted by molar-refractivity contribution is -0.119. The summed E-state index contributed by atoms with van der Waals surface area (Å²) in [6.45, 7) is 3.88. The van der Waals surface area contributed by atoms with Gasteiger partial charge in [-0.15, -0.1) is 12.4 Å². The van der Waals surface area contributed by atoms with Crippen molar-refractivity contribution in [3.63, 3.8) is 0 Å². The number of carbonyl (C=O) groups is 2. The summed E-state index contributed by atoms with van der Waals surface area (Å²) in [6, 6.07) is 7.20. The Morgan fingerprint density at radius 1 is 1.22 bits per heavy atom. The lowest BCUT2D eigenvalue weighted by atomic mass is 10.1. The number of carbonyl (C=O) groups excluding carboxylic acids is 2. The molecular formula is C16H22ClN3O3. The van der Waals surface area contributed by atoms with Gasteiger partial charge in [0.05, 0.1) is 30.4 Å². The monoisotopic (exact) mass is 339 g/mol. The first-order valence-corrected chi connectivity index (χ1v) is 7.73. The summed E-state index contributed by atoms with van der Waals surface area (Å²) in [5, 5.41) is 6.09. The standard InChI is InChI=1S/C16H21N3O3.ClH/c20-15(12-5-6-17-11-12)18-14-4-2-1-3-13(14)16(21)19-7-9-22-10-8-19;/h1-4,12,17H,5-11H2,(H,18,20);1H. The molecule has 0 aromatic heterocycles. The number of nitrogens with one attached hydrogen (secondary N) is 2. The lowest BCUT2D eigenvalue weighted by Crippen LogP contribution is -2.41. The van der Waals surface area contributed by atoms with Crippen molar-refractivity contribution in [3.8, 4) is 0 Å². The minimum Gasteiger partial charge on any atom is -0.378 e. The van der Waals surface area contributed by atoms with E-state index in [2.05, 4.69) is 10.6 Å². The van der Waals surface area contributed by atoms with E-state index in [1.807, 2.05) is 12.1 Å². The number of ether oxygens (including phenoxy) is 1. The Kier molecular flexibility index (Phi) is 6.38. The molecule has 126 valence electrons. The summed E-state index contributed by atoms with van der Waals surface area (Å²) in [7, 11) is 0. The van der Waals surface area contributed by atoms with E-state index in [1.54, 1.807) is 17.0 Å². The molecule has 2 saturated heterocycles. The molecule has 2 N–H and O–H groups in total. The predicted octanol–water partition coefficient (Wildman–Crippen LogP) is 1.13. The second-order valence-electron chi connectivity index (χ2n) is 5.63. The normalized spacial score (nSPS) is 20.7. The molecule has 3 rings (SSSR count). The fourth-order valence-electron chi connectivity index (χ4n) is 2.83. The van der Waals surface area contributed by atoms with Crippen molar-refractivity contribution in [2.45, 2.75) is 6.42 Å². The average Bonchev–Trinajstić information content (AvgIpc) is 3.10. The van der Waals surface area contributed by atoms with Crippen LogP contribution in [-0.4, -0.2) is 56.1 Å². The molecule has 0 aliphatic carbocycles. The van der Waals surface area contributed by atoms with Gasteiger partial charge in [0.15, 0.2) is 0 Å². The van der Waals surface area contributed by atoms with Crippen LogP contribution < -0.4 is 10.6 Å². The van der Waals surface area contributed by atoms with Crippen LogP contribution in [0.1, 0.15) is 16.8 Å². The summed E-state index contributed by atoms with van der Waals surface area (Å²) >= 11 is 0. The molecule has 0 radical (unpaired) electrons. The van der Waals surface area contributed by atoms with Gasteiger partial charge in [0.25, 0.3) is 5.91 Å². The largest absolute Gasteiger partial charge is 0.378 e. The van der Waals surface area contributed by atoms with Crippen molar-refractivity contribution in [2.75, 3.05) is 44.7 Å². The Morgan fingerprint density at radius 2 is 1.96 bits per heavy atom. The number of morpholine rings is 1. The zero-order valence-corrected chi connectivity index (χ0v) is 13.7. The first-order valence-electron chi connectivity index (χ1n) is 7.73. The topological polar surface area (TPSA) is 70.7 Å². The van der Waals surface area contributed by atoms with Crippen LogP contribution in [0.3, 0.4) is 0 Å². The number of rotatable bonds is 3. The SMILES string of the molecule is Cl.O=C(Nc1ccccc1C(=O)N1CCOCC1)C1CCNC1. The van der Waals surface area contributed by atoms with Gasteiger partial charge in [-0.1, -0.05) is 12.1 Å². The fourth-order valence-corrected chi connectivity index (χ4v) is 2.83. The zero-order chi connectivity index (χ0) is 15.4. The molecule has 6 nitrogen and oxygen atoms in total. The molecule has 0 saturated carbocycles. The number of amides is 2. The Hall–Kier alpha value is -1.63. The van der Waals surface area contributed by atoms with E-state index in [-0.39, 0.29) is 30.1 Å². The quantitative estimate of drug-likeness (QED) is 0.866. The Labute approximate surface area is 142 Å². The number of anilines is 1. The summed E-state index contributed by atoms with van der Waals surface area (Å²) in [6.07, 6.45) is 0.839. The maximum Gasteiger partial charge on any atom is 0.256 e. The van der Waals surface area contributed by atoms with E-state index in [0.29, 0.717) is 44.1 Å². The fraction of sp³-hybridized carbons (Fsp3) is 0.500. The second kappa shape index (κ2) is 8.29. The highest BCUT2D eigenvalue weighted by molar-refractivity contribution is 6.04. The van der Waals surface area contributed by atoms with Crippen molar-refractivity contribution in [3.05, 3.63) is 29.8 Å². The van der Waals surface area contributed by atoms with E-state index in [0.717, 1.165) is 13.0 Å². The molecule has 2 aliphatic rings. The predicted molar refractivity (Wildman–Crippen MR) is 90.0 cm³/mol. The second-order valence-corrected chi connectivity index (χ2v) is 5.63. The van der Waals surface area contributed by atoms with Gasteiger partial charge in [-0.25, -0.2) is 0 Å². The van der Waals surface area contributed by atoms with Crippen LogP contribution in [0.4, 0.5) is 5.69 Å². The van der Waals surface area contributed by atoms with Crippen LogP contribution in [0.2, 0.25) is 0 Å². The molecule has 2 heterocycles. The Bertz CT molecular complexity index is 555. The molecule has 0 spiro atoms. The van der Waals surface area contributed by atoms with Crippen molar-refractivity contribution < 1.29 is 14.3 Å². The Balaban J connectivity index is 0.00000192. The summed E-state index contributed by atoms with van der Waals surface area (Å²) in [4.78, 5) is 26.7. The minimum atomic E-state index is -0.0521. The number of nitrogens with zero attached hydrogens (tertiary/aromatic N) is 1. The van der Waals surface area contributed by atoms with Crippen molar-refractivity contribution in [2.24, 2.45) is 5.92 Å². The van der Waals surface area contributed by atoms with Gasteiger partial charge in [0.2, 0.25) is 5.91 Å². The number of benzene rings is 1. The van der Waals surface area contributed by atoms with E-state index in [1.165, 1.54) is 0 Å². The van der Waals surface area contributed by atoms with Crippen LogP contribution in [0.15, 0.2) is 24.3 Å². The average molecular weight is 340 g/mol. The van der Waals surface area contributed by atoms with Gasteiger partial charge in [-0.2, -0.15) is 0 Å². The van der Waals surface area contributed by atoms with Gasteiger partial charge >= 0.3 is 0 Å². The molecule has 2 amide bonds. The summed E-state index contributed by atoms with van der Waals surface area (Å²) in [5.41, 5.74) is 1.14. The van der Waals surface area contributed by atoms with Crippen LogP contribution in [-0.2, 0) is 9.53 Å². The maximum absolute atomic E-state index is 12.6. The van der Waals surface area contributed by atoms with Crippen LogP contribution in [0.25, 0.3) is 0 Å². The third-order valence-corrected chi connectivity index (χ3v) is 4.14. The van der Waals surface area contributed by atoms with E-state index in [4.69, 9.17) is 4.74 Å². The number of para-hydroxylation sites is 1. The Morgan fingerprint density at radius 3 is 2.65 bits per heavy atom. The molecule has 1 unspecified atom stereocenters. The molecule has 1 aromatic rings. The molecule has 0 bridgehead atoms. The van der Waals surface area contributed by atoms with Crippen LogP contribution in [0.5, 0.6) is 0 Å². The van der Waals surface area contributed by atoms with E-state index >= 15 is 0 Å². The first kappa shape index (κ1) is 17.7. The van der Waals surface area contributed by atoms with Crippen LogP contribution >= 0.6 is 12.4 Å². The van der Waals surface area contributed by atoms with Crippen molar-refractivity contribution in [1.82, 2.24) is 10.2 Å². The molecule has 1 aromatic carbocycles. The first-order chi connectivity index (χ1) is 10.8. The smallest absolute Gasteiger partial charge is 0.256 e. The molecular weight excluding hydrogens is 318 g/mol. The highest BCUT2D eigenvalue weighted by Crippen LogP contribution is 2.20. The van der Waals surface area contributed by atoms with E-state index < -0.39 is 0 Å². The lowest BCUT2D eigenvalue weighted by Gasteiger charge is -2.27.